The number of aryl methyl sites for hydroxylation is 1. The van der Waals surface area contributed by atoms with E-state index in [1.54, 1.807) is 0 Å². The Labute approximate surface area is 130 Å². The monoisotopic (exact) mass is 349 g/mol. The summed E-state index contributed by atoms with van der Waals surface area (Å²) < 4.78 is 27.8. The molecule has 2 aromatic rings. The molecule has 1 aromatic carbocycles. The van der Waals surface area contributed by atoms with Crippen molar-refractivity contribution in [2.24, 2.45) is 7.05 Å². The highest BCUT2D eigenvalue weighted by atomic mass is 35.5. The number of aromatic nitrogens is 2. The van der Waals surface area contributed by atoms with Gasteiger partial charge in [-0.2, -0.15) is 13.5 Å². The predicted molar refractivity (Wildman–Crippen MR) is 77.4 cm³/mol. The van der Waals surface area contributed by atoms with Gasteiger partial charge >= 0.3 is 5.97 Å². The molecule has 112 valence electrons. The maximum Gasteiger partial charge on any atom is 0.335 e. The van der Waals surface area contributed by atoms with E-state index < -0.39 is 16.0 Å². The van der Waals surface area contributed by atoms with E-state index in [9.17, 15) is 13.2 Å². The van der Waals surface area contributed by atoms with Crippen molar-refractivity contribution in [3.8, 4) is 0 Å². The van der Waals surface area contributed by atoms with Gasteiger partial charge in [0.15, 0.2) is 5.03 Å². The molecule has 0 atom stereocenters. The molecule has 0 amide bonds. The van der Waals surface area contributed by atoms with Gasteiger partial charge in [0.25, 0.3) is 10.0 Å². The smallest absolute Gasteiger partial charge is 0.335 e. The Morgan fingerprint density at radius 3 is 2.52 bits per heavy atom. The molecule has 21 heavy (non-hydrogen) atoms. The Bertz CT molecular complexity index is 797. The van der Waals surface area contributed by atoms with Crippen LogP contribution in [0.3, 0.4) is 0 Å². The van der Waals surface area contributed by atoms with Crippen molar-refractivity contribution in [3.05, 3.63) is 40.0 Å². The Hall–Kier alpha value is -1.77. The summed E-state index contributed by atoms with van der Waals surface area (Å²) in [6.07, 6.45) is 1.19. The van der Waals surface area contributed by atoms with Gasteiger partial charge in [0.2, 0.25) is 0 Å². The first-order valence-electron chi connectivity index (χ1n) is 5.45. The number of sulfonamides is 1. The summed E-state index contributed by atoms with van der Waals surface area (Å²) in [5, 5.41) is 12.5. The van der Waals surface area contributed by atoms with Crippen LogP contribution in [0.1, 0.15) is 10.4 Å². The lowest BCUT2D eigenvalue weighted by Crippen LogP contribution is -2.17. The van der Waals surface area contributed by atoms with Gasteiger partial charge < -0.3 is 5.11 Å². The number of carboxylic acid groups (broad SMARTS) is 1. The zero-order valence-electron chi connectivity index (χ0n) is 10.5. The molecule has 0 fully saturated rings. The average molecular weight is 350 g/mol. The molecule has 1 heterocycles. The van der Waals surface area contributed by atoms with Gasteiger partial charge in [0, 0.05) is 12.1 Å². The molecule has 0 spiro atoms. The van der Waals surface area contributed by atoms with Crippen molar-refractivity contribution >= 4 is 44.9 Å². The van der Waals surface area contributed by atoms with Crippen molar-refractivity contribution in [2.45, 2.75) is 5.03 Å². The molecule has 1 aromatic heterocycles. The van der Waals surface area contributed by atoms with E-state index in [0.717, 1.165) is 10.7 Å². The number of carboxylic acids is 1. The fraction of sp³-hybridized carbons (Fsp3) is 0.0909. The Morgan fingerprint density at radius 2 is 2.00 bits per heavy atom. The summed E-state index contributed by atoms with van der Waals surface area (Å²) in [6, 6.07) is 3.64. The predicted octanol–water partition coefficient (Wildman–Crippen LogP) is 2.23. The molecule has 0 aliphatic rings. The molecule has 0 saturated heterocycles. The molecular weight excluding hydrogens is 341 g/mol. The highest BCUT2D eigenvalue weighted by molar-refractivity contribution is 7.92. The van der Waals surface area contributed by atoms with E-state index in [-0.39, 0.29) is 26.3 Å². The van der Waals surface area contributed by atoms with Crippen molar-refractivity contribution < 1.29 is 18.3 Å². The number of benzene rings is 1. The number of aromatic carboxylic acids is 1. The first-order chi connectivity index (χ1) is 9.70. The van der Waals surface area contributed by atoms with E-state index in [0.29, 0.717) is 0 Å². The second-order valence-corrected chi connectivity index (χ2v) is 6.50. The Balaban J connectivity index is 2.44. The number of rotatable bonds is 4. The summed E-state index contributed by atoms with van der Waals surface area (Å²) in [4.78, 5) is 10.9. The van der Waals surface area contributed by atoms with Gasteiger partial charge in [-0.1, -0.05) is 23.2 Å². The van der Waals surface area contributed by atoms with Crippen LogP contribution in [0, 0.1) is 0 Å². The minimum atomic E-state index is -4.02. The minimum absolute atomic E-state index is 0.0113. The fourth-order valence-electron chi connectivity index (χ4n) is 1.68. The van der Waals surface area contributed by atoms with Crippen molar-refractivity contribution in [2.75, 3.05) is 4.72 Å². The quantitative estimate of drug-likeness (QED) is 0.881. The first kappa shape index (κ1) is 15.6. The summed E-state index contributed by atoms with van der Waals surface area (Å²) in [5.41, 5.74) is -0.131. The molecule has 0 radical (unpaired) electrons. The first-order valence-corrected chi connectivity index (χ1v) is 7.69. The van der Waals surface area contributed by atoms with E-state index in [4.69, 9.17) is 28.3 Å². The van der Waals surface area contributed by atoms with Crippen LogP contribution in [0.15, 0.2) is 29.4 Å². The second kappa shape index (κ2) is 5.55. The normalized spacial score (nSPS) is 11.4. The van der Waals surface area contributed by atoms with Crippen LogP contribution in [0.5, 0.6) is 0 Å². The van der Waals surface area contributed by atoms with Gasteiger partial charge in [0.1, 0.15) is 0 Å². The summed E-state index contributed by atoms with van der Waals surface area (Å²) >= 11 is 11.6. The third-order valence-electron chi connectivity index (χ3n) is 2.49. The largest absolute Gasteiger partial charge is 0.478 e. The average Bonchev–Trinajstić information content (AvgIpc) is 2.68. The lowest BCUT2D eigenvalue weighted by molar-refractivity contribution is 0.0697. The number of nitrogens with one attached hydrogen (secondary N) is 1. The number of nitrogens with zero attached hydrogens (tertiary/aromatic N) is 2. The van der Waals surface area contributed by atoms with Crippen molar-refractivity contribution in [1.29, 1.82) is 0 Å². The Morgan fingerprint density at radius 1 is 1.33 bits per heavy atom. The number of hydrogen-bond donors (Lipinski definition) is 2. The van der Waals surface area contributed by atoms with Crippen molar-refractivity contribution in [1.82, 2.24) is 9.78 Å². The van der Waals surface area contributed by atoms with Crippen LogP contribution in [-0.4, -0.2) is 29.3 Å². The summed E-state index contributed by atoms with van der Waals surface area (Å²) in [6.45, 7) is 0. The third kappa shape index (κ3) is 3.29. The van der Waals surface area contributed by atoms with E-state index in [2.05, 4.69) is 9.82 Å². The molecule has 7 nitrogen and oxygen atoms in total. The third-order valence-corrected chi connectivity index (χ3v) is 4.60. The molecule has 2 N–H and O–H groups in total. The zero-order valence-corrected chi connectivity index (χ0v) is 12.9. The SMILES string of the molecule is Cn1ncc(Cl)c1S(=O)(=O)Nc1cc(Cl)cc(C(=O)O)c1. The summed E-state index contributed by atoms with van der Waals surface area (Å²) in [5.74, 6) is -1.23. The van der Waals surface area contributed by atoms with Crippen LogP contribution in [0.2, 0.25) is 10.0 Å². The van der Waals surface area contributed by atoms with E-state index in [1.165, 1.54) is 25.4 Å². The zero-order chi connectivity index (χ0) is 15.8. The van der Waals surface area contributed by atoms with Crippen LogP contribution in [0.4, 0.5) is 5.69 Å². The highest BCUT2D eigenvalue weighted by Crippen LogP contribution is 2.25. The molecule has 0 saturated carbocycles. The number of hydrogen-bond acceptors (Lipinski definition) is 4. The maximum atomic E-state index is 12.2. The molecule has 0 aliphatic carbocycles. The molecule has 0 unspecified atom stereocenters. The van der Waals surface area contributed by atoms with Crippen molar-refractivity contribution in [3.63, 3.8) is 0 Å². The van der Waals surface area contributed by atoms with E-state index in [1.807, 2.05) is 0 Å². The van der Waals surface area contributed by atoms with Gasteiger partial charge in [-0.25, -0.2) is 4.79 Å². The lowest BCUT2D eigenvalue weighted by atomic mass is 10.2. The van der Waals surface area contributed by atoms with Crippen LogP contribution < -0.4 is 4.72 Å². The number of anilines is 1. The maximum absolute atomic E-state index is 12.2. The second-order valence-electron chi connectivity index (χ2n) is 4.06. The van der Waals surface area contributed by atoms with Crippen LogP contribution >= 0.6 is 23.2 Å². The van der Waals surface area contributed by atoms with Gasteiger partial charge in [0.05, 0.1) is 22.5 Å². The minimum Gasteiger partial charge on any atom is -0.478 e. The van der Waals surface area contributed by atoms with E-state index >= 15 is 0 Å². The number of carbonyl (C=O) groups is 1. The molecule has 10 heteroatoms. The topological polar surface area (TPSA) is 101 Å². The summed E-state index contributed by atoms with van der Waals surface area (Å²) in [7, 11) is -2.61. The number of halogens is 2. The molecule has 2 rings (SSSR count). The Kier molecular flexibility index (Phi) is 4.13. The molecular formula is C11H9Cl2N3O4S. The van der Waals surface area contributed by atoms with Crippen LogP contribution in [0.25, 0.3) is 0 Å². The van der Waals surface area contributed by atoms with Gasteiger partial charge in [-0.05, 0) is 18.2 Å². The molecule has 0 bridgehead atoms. The van der Waals surface area contributed by atoms with Crippen LogP contribution in [-0.2, 0) is 17.1 Å². The highest BCUT2D eigenvalue weighted by Gasteiger charge is 2.23. The lowest BCUT2D eigenvalue weighted by Gasteiger charge is -2.10. The van der Waals surface area contributed by atoms with Gasteiger partial charge in [-0.15, -0.1) is 0 Å². The molecule has 0 aliphatic heterocycles. The fourth-order valence-corrected chi connectivity index (χ4v) is 3.61. The standard InChI is InChI=1S/C11H9Cl2N3O4S/c1-16-10(9(13)5-14-16)21(19,20)15-8-3-6(11(17)18)2-7(12)4-8/h2-5,15H,1H3,(H,17,18). The van der Waals surface area contributed by atoms with Gasteiger partial charge in [-0.3, -0.25) is 9.40 Å².